The molecule has 0 radical (unpaired) electrons. The number of aryl methyl sites for hydroxylation is 1. The number of amides is 1. The van der Waals surface area contributed by atoms with E-state index in [0.717, 1.165) is 22.0 Å². The van der Waals surface area contributed by atoms with Gasteiger partial charge in [0.05, 0.1) is 5.52 Å². The lowest BCUT2D eigenvalue weighted by Gasteiger charge is -2.13. The summed E-state index contributed by atoms with van der Waals surface area (Å²) in [5, 5.41) is 4.38. The van der Waals surface area contributed by atoms with Gasteiger partial charge in [-0.25, -0.2) is 4.98 Å². The van der Waals surface area contributed by atoms with Crippen molar-refractivity contribution in [3.05, 3.63) is 70.7 Å². The van der Waals surface area contributed by atoms with Crippen molar-refractivity contribution in [2.45, 2.75) is 13.0 Å². The monoisotopic (exact) mass is 325 g/mol. The molecule has 1 amide bonds. The molecule has 1 heterocycles. The Morgan fingerprint density at radius 1 is 1.13 bits per heavy atom. The Labute approximate surface area is 139 Å². The van der Waals surface area contributed by atoms with E-state index in [-0.39, 0.29) is 5.91 Å². The summed E-state index contributed by atoms with van der Waals surface area (Å²) < 4.78 is 0. The maximum absolute atomic E-state index is 12.3. The molecule has 0 saturated carbocycles. The minimum absolute atomic E-state index is 0.303. The number of fused-ring (bicyclic) bond motifs is 1. The molecule has 0 bridgehead atoms. The molecule has 1 aromatic heterocycles. The molecule has 3 rings (SSSR count). The summed E-state index contributed by atoms with van der Waals surface area (Å²) in [4.78, 5) is 16.8. The average Bonchev–Trinajstić information content (AvgIpc) is 2.58. The molecule has 116 valence electrons. The van der Waals surface area contributed by atoms with E-state index in [2.05, 4.69) is 10.3 Å². The zero-order valence-corrected chi connectivity index (χ0v) is 13.3. The molecule has 0 spiro atoms. The molecule has 1 atom stereocenters. The van der Waals surface area contributed by atoms with E-state index in [1.165, 1.54) is 0 Å². The van der Waals surface area contributed by atoms with Crippen LogP contribution >= 0.6 is 11.6 Å². The number of carbonyl (C=O) groups excluding carboxylic acids is 1. The van der Waals surface area contributed by atoms with Crippen LogP contribution in [0.25, 0.3) is 10.9 Å². The first-order valence-corrected chi connectivity index (χ1v) is 7.61. The number of hydrogen-bond donors (Lipinski definition) is 2. The number of carbonyl (C=O) groups is 1. The van der Waals surface area contributed by atoms with Crippen LogP contribution in [0.15, 0.2) is 54.6 Å². The predicted molar refractivity (Wildman–Crippen MR) is 93.5 cm³/mol. The Balaban J connectivity index is 1.86. The van der Waals surface area contributed by atoms with Gasteiger partial charge in [0, 0.05) is 10.4 Å². The van der Waals surface area contributed by atoms with E-state index in [1.807, 2.05) is 55.5 Å². The molecule has 2 aromatic carbocycles. The highest BCUT2D eigenvalue weighted by Gasteiger charge is 2.16. The van der Waals surface area contributed by atoms with Gasteiger partial charge in [-0.05, 0) is 36.2 Å². The van der Waals surface area contributed by atoms with Gasteiger partial charge >= 0.3 is 0 Å². The van der Waals surface area contributed by atoms with Crippen molar-refractivity contribution >= 4 is 34.2 Å². The molecular weight excluding hydrogens is 310 g/mol. The molecule has 4 nitrogen and oxygen atoms in total. The average molecular weight is 326 g/mol. The van der Waals surface area contributed by atoms with Gasteiger partial charge in [-0.15, -0.1) is 0 Å². The molecule has 3 aromatic rings. The highest BCUT2D eigenvalue weighted by atomic mass is 35.5. The smallest absolute Gasteiger partial charge is 0.247 e. The number of hydrogen-bond acceptors (Lipinski definition) is 3. The van der Waals surface area contributed by atoms with Crippen molar-refractivity contribution in [2.24, 2.45) is 5.73 Å². The van der Waals surface area contributed by atoms with E-state index in [9.17, 15) is 4.79 Å². The molecule has 3 N–H and O–H groups in total. The summed E-state index contributed by atoms with van der Waals surface area (Å²) in [5.41, 5.74) is 8.40. The molecular formula is C18H16ClN3O. The van der Waals surface area contributed by atoms with Gasteiger partial charge in [-0.1, -0.05) is 48.0 Å². The number of aromatic nitrogens is 1. The first-order chi connectivity index (χ1) is 11.1. The summed E-state index contributed by atoms with van der Waals surface area (Å²) in [6.45, 7) is 1.90. The van der Waals surface area contributed by atoms with Crippen molar-refractivity contribution in [1.29, 1.82) is 0 Å². The summed E-state index contributed by atoms with van der Waals surface area (Å²) in [7, 11) is 0. The number of anilines is 1. The van der Waals surface area contributed by atoms with Crippen LogP contribution in [0.5, 0.6) is 0 Å². The lowest BCUT2D eigenvalue weighted by Crippen LogP contribution is -2.28. The third-order valence-corrected chi connectivity index (χ3v) is 4.15. The Bertz CT molecular complexity index is 865. The van der Waals surface area contributed by atoms with E-state index in [1.54, 1.807) is 6.07 Å². The van der Waals surface area contributed by atoms with Crippen LogP contribution in [-0.4, -0.2) is 10.9 Å². The fraction of sp³-hybridized carbons (Fsp3) is 0.111. The second kappa shape index (κ2) is 6.36. The van der Waals surface area contributed by atoms with E-state index < -0.39 is 6.04 Å². The van der Waals surface area contributed by atoms with Gasteiger partial charge in [0.15, 0.2) is 0 Å². The van der Waals surface area contributed by atoms with E-state index in [4.69, 9.17) is 17.3 Å². The standard InChI is InChI=1S/C18H16ClN3O/c1-11-14(19)9-7-13-8-10-15(21-17(11)13)22-18(23)16(20)12-5-3-2-4-6-12/h2-10,16H,20H2,1H3,(H,21,22,23)/t16-/m1/s1. The Hall–Kier alpha value is -2.43. The normalized spacial score (nSPS) is 12.1. The Morgan fingerprint density at radius 2 is 1.83 bits per heavy atom. The third kappa shape index (κ3) is 3.18. The van der Waals surface area contributed by atoms with Crippen LogP contribution in [-0.2, 0) is 4.79 Å². The summed E-state index contributed by atoms with van der Waals surface area (Å²) in [6, 6.07) is 15.9. The van der Waals surface area contributed by atoms with Crippen molar-refractivity contribution in [3.8, 4) is 0 Å². The number of rotatable bonds is 3. The quantitative estimate of drug-likeness (QED) is 0.769. The predicted octanol–water partition coefficient (Wildman–Crippen LogP) is 3.84. The van der Waals surface area contributed by atoms with Crippen molar-refractivity contribution in [2.75, 3.05) is 5.32 Å². The van der Waals surface area contributed by atoms with Gasteiger partial charge in [-0.3, -0.25) is 4.79 Å². The first-order valence-electron chi connectivity index (χ1n) is 7.23. The van der Waals surface area contributed by atoms with Gasteiger partial charge in [0.2, 0.25) is 5.91 Å². The lowest BCUT2D eigenvalue weighted by molar-refractivity contribution is -0.117. The number of nitrogens with one attached hydrogen (secondary N) is 1. The van der Waals surface area contributed by atoms with Crippen molar-refractivity contribution in [3.63, 3.8) is 0 Å². The fourth-order valence-corrected chi connectivity index (χ4v) is 2.54. The van der Waals surface area contributed by atoms with Crippen LogP contribution in [0.4, 0.5) is 5.82 Å². The Kier molecular flexibility index (Phi) is 4.28. The molecule has 0 aliphatic heterocycles. The molecule has 0 aliphatic carbocycles. The number of nitrogens with two attached hydrogens (primary N) is 1. The third-order valence-electron chi connectivity index (χ3n) is 3.74. The van der Waals surface area contributed by atoms with Crippen LogP contribution in [0.2, 0.25) is 5.02 Å². The number of benzene rings is 2. The molecule has 23 heavy (non-hydrogen) atoms. The van der Waals surface area contributed by atoms with Crippen LogP contribution in [0, 0.1) is 6.92 Å². The highest BCUT2D eigenvalue weighted by Crippen LogP contribution is 2.25. The molecule has 0 aliphatic rings. The molecule has 0 unspecified atom stereocenters. The van der Waals surface area contributed by atoms with Crippen molar-refractivity contribution in [1.82, 2.24) is 4.98 Å². The zero-order chi connectivity index (χ0) is 16.4. The van der Waals surface area contributed by atoms with Crippen molar-refractivity contribution < 1.29 is 4.79 Å². The highest BCUT2D eigenvalue weighted by molar-refractivity contribution is 6.32. The number of halogens is 1. The second-order valence-electron chi connectivity index (χ2n) is 5.32. The number of pyridine rings is 1. The lowest BCUT2D eigenvalue weighted by atomic mass is 10.1. The molecule has 5 heteroatoms. The maximum Gasteiger partial charge on any atom is 0.247 e. The largest absolute Gasteiger partial charge is 0.316 e. The van der Waals surface area contributed by atoms with Gasteiger partial charge < -0.3 is 11.1 Å². The topological polar surface area (TPSA) is 68.0 Å². The Morgan fingerprint density at radius 3 is 2.57 bits per heavy atom. The summed E-state index contributed by atoms with van der Waals surface area (Å²) >= 11 is 6.13. The zero-order valence-electron chi connectivity index (χ0n) is 12.6. The number of nitrogens with zero attached hydrogens (tertiary/aromatic N) is 1. The second-order valence-corrected chi connectivity index (χ2v) is 5.73. The van der Waals surface area contributed by atoms with Crippen LogP contribution in [0.3, 0.4) is 0 Å². The van der Waals surface area contributed by atoms with E-state index in [0.29, 0.717) is 10.8 Å². The SMILES string of the molecule is Cc1c(Cl)ccc2ccc(NC(=O)[C@H](N)c3ccccc3)nc12. The fourth-order valence-electron chi connectivity index (χ4n) is 2.39. The van der Waals surface area contributed by atoms with Gasteiger partial charge in [-0.2, -0.15) is 0 Å². The van der Waals surface area contributed by atoms with Gasteiger partial charge in [0.25, 0.3) is 0 Å². The maximum atomic E-state index is 12.3. The molecule has 0 saturated heterocycles. The van der Waals surface area contributed by atoms with E-state index >= 15 is 0 Å². The molecule has 0 fully saturated rings. The van der Waals surface area contributed by atoms with Crippen LogP contribution < -0.4 is 11.1 Å². The summed E-state index contributed by atoms with van der Waals surface area (Å²) in [5.74, 6) is 0.155. The minimum Gasteiger partial charge on any atom is -0.316 e. The first kappa shape index (κ1) is 15.5. The summed E-state index contributed by atoms with van der Waals surface area (Å²) in [6.07, 6.45) is 0. The van der Waals surface area contributed by atoms with Crippen LogP contribution in [0.1, 0.15) is 17.2 Å². The minimum atomic E-state index is -0.742. The van der Waals surface area contributed by atoms with Gasteiger partial charge in [0.1, 0.15) is 11.9 Å².